The Kier molecular flexibility index (Phi) is 7.55. The minimum atomic E-state index is -1.52. The molecular weight excluding hydrogens is 490 g/mol. The van der Waals surface area contributed by atoms with Gasteiger partial charge < -0.3 is 23.8 Å². The van der Waals surface area contributed by atoms with E-state index in [1.165, 1.54) is 14.1 Å². The largest absolute Gasteiger partial charge is 0.497 e. The van der Waals surface area contributed by atoms with Gasteiger partial charge in [0.25, 0.3) is 11.8 Å². The van der Waals surface area contributed by atoms with Gasteiger partial charge in [0.05, 0.1) is 35.0 Å². The van der Waals surface area contributed by atoms with E-state index in [-0.39, 0.29) is 19.0 Å². The first-order chi connectivity index (χ1) is 18.1. The van der Waals surface area contributed by atoms with Crippen LogP contribution >= 0.6 is 0 Å². The fourth-order valence-corrected chi connectivity index (χ4v) is 5.76. The summed E-state index contributed by atoms with van der Waals surface area (Å²) < 4.78 is 22.0. The molecule has 0 radical (unpaired) electrons. The first-order valence-electron chi connectivity index (χ1n) is 12.5. The van der Waals surface area contributed by atoms with Crippen molar-refractivity contribution in [2.45, 2.75) is 25.8 Å². The van der Waals surface area contributed by atoms with E-state index in [0.29, 0.717) is 35.1 Å². The topological polar surface area (TPSA) is 99.1 Å². The standard InChI is InChI=1S/C28H35N3O7/c1-17-21-14-24(38-7)23(37-6)13-18(21)10-11-31(17)16-28(25(32)29(2)27(34)30(3)26(28)33)15-19-12-20(35-4)8-9-22(19)36-5/h8-9,12-14,17H,10-11,15-16H2,1-7H3/p+1/t17-/m0/s1. The van der Waals surface area contributed by atoms with E-state index >= 15 is 0 Å². The van der Waals surface area contributed by atoms with Crippen molar-refractivity contribution in [1.29, 1.82) is 0 Å². The third-order valence-corrected chi connectivity index (χ3v) is 7.95. The van der Waals surface area contributed by atoms with Gasteiger partial charge >= 0.3 is 6.03 Å². The molecule has 2 aliphatic heterocycles. The number of barbiturate groups is 1. The zero-order chi connectivity index (χ0) is 27.8. The molecule has 2 aromatic carbocycles. The molecule has 1 N–H and O–H groups in total. The third kappa shape index (κ3) is 4.42. The van der Waals surface area contributed by atoms with E-state index < -0.39 is 23.3 Å². The second-order valence-corrected chi connectivity index (χ2v) is 9.91. The lowest BCUT2D eigenvalue weighted by atomic mass is 9.75. The number of ether oxygens (including phenoxy) is 4. The fraction of sp³-hybridized carbons (Fsp3) is 0.464. The number of nitrogens with one attached hydrogen (secondary N) is 1. The number of methoxy groups -OCH3 is 4. The molecule has 0 spiro atoms. The van der Waals surface area contributed by atoms with Crippen LogP contribution in [-0.2, 0) is 22.4 Å². The van der Waals surface area contributed by atoms with Gasteiger partial charge in [-0.15, -0.1) is 0 Å². The predicted molar refractivity (Wildman–Crippen MR) is 139 cm³/mol. The Balaban J connectivity index is 1.79. The van der Waals surface area contributed by atoms with Crippen LogP contribution in [-0.4, -0.2) is 83.3 Å². The average Bonchev–Trinajstić information content (AvgIpc) is 2.94. The van der Waals surface area contributed by atoms with E-state index in [0.717, 1.165) is 32.2 Å². The van der Waals surface area contributed by atoms with E-state index in [9.17, 15) is 14.4 Å². The number of nitrogens with zero attached hydrogens (tertiary/aromatic N) is 2. The molecule has 0 aliphatic carbocycles. The second kappa shape index (κ2) is 10.5. The van der Waals surface area contributed by atoms with Gasteiger partial charge in [0.2, 0.25) is 0 Å². The van der Waals surface area contributed by atoms with Gasteiger partial charge in [0.15, 0.2) is 16.9 Å². The van der Waals surface area contributed by atoms with Crippen LogP contribution in [0.15, 0.2) is 30.3 Å². The van der Waals surface area contributed by atoms with Gasteiger partial charge in [-0.2, -0.15) is 0 Å². The Labute approximate surface area is 223 Å². The van der Waals surface area contributed by atoms with E-state index in [1.54, 1.807) is 46.6 Å². The highest BCUT2D eigenvalue weighted by atomic mass is 16.5. The van der Waals surface area contributed by atoms with Gasteiger partial charge in [0.1, 0.15) is 24.1 Å². The van der Waals surface area contributed by atoms with E-state index in [1.807, 2.05) is 12.1 Å². The molecule has 10 heteroatoms. The van der Waals surface area contributed by atoms with Crippen molar-refractivity contribution in [3.05, 3.63) is 47.0 Å². The quantitative estimate of drug-likeness (QED) is 0.521. The Bertz CT molecular complexity index is 1240. The summed E-state index contributed by atoms with van der Waals surface area (Å²) in [5, 5.41) is 0. The maximum Gasteiger partial charge on any atom is 0.332 e. The highest BCUT2D eigenvalue weighted by molar-refractivity contribution is 6.19. The highest BCUT2D eigenvalue weighted by Crippen LogP contribution is 2.38. The van der Waals surface area contributed by atoms with Gasteiger partial charge in [-0.05, 0) is 48.4 Å². The lowest BCUT2D eigenvalue weighted by Gasteiger charge is -2.44. The highest BCUT2D eigenvalue weighted by Gasteiger charge is 2.58. The van der Waals surface area contributed by atoms with Crippen molar-refractivity contribution in [1.82, 2.24) is 9.80 Å². The fourth-order valence-electron chi connectivity index (χ4n) is 5.76. The SMILES string of the molecule is COc1ccc(OC)c(CC2(C[NH+]3CCc4cc(OC)c(OC)cc4[C@@H]3C)C(=O)N(C)C(=O)N(C)C2=O)c1. The first-order valence-corrected chi connectivity index (χ1v) is 12.5. The molecule has 0 saturated carbocycles. The number of rotatable bonds is 8. The summed E-state index contributed by atoms with van der Waals surface area (Å²) in [7, 11) is 9.15. The molecule has 10 nitrogen and oxygen atoms in total. The molecule has 2 aliphatic rings. The zero-order valence-corrected chi connectivity index (χ0v) is 23.0. The lowest BCUT2D eigenvalue weighted by Crippen LogP contribution is -3.15. The molecular formula is C28H36N3O7+. The molecule has 38 heavy (non-hydrogen) atoms. The Morgan fingerprint density at radius 3 is 2.05 bits per heavy atom. The molecule has 2 aromatic rings. The molecule has 4 rings (SSSR count). The summed E-state index contributed by atoms with van der Waals surface area (Å²) in [5.74, 6) is 1.38. The molecule has 0 bridgehead atoms. The second-order valence-electron chi connectivity index (χ2n) is 9.91. The first kappa shape index (κ1) is 27.3. The van der Waals surface area contributed by atoms with Gasteiger partial charge in [-0.1, -0.05) is 0 Å². The Morgan fingerprint density at radius 2 is 1.47 bits per heavy atom. The normalized spacial score (nSPS) is 20.8. The number of quaternary nitrogens is 1. The number of urea groups is 1. The zero-order valence-electron chi connectivity index (χ0n) is 23.0. The molecule has 1 unspecified atom stereocenters. The summed E-state index contributed by atoms with van der Waals surface area (Å²) in [6.45, 7) is 2.97. The van der Waals surface area contributed by atoms with Crippen molar-refractivity contribution in [2.75, 3.05) is 55.6 Å². The Hall–Kier alpha value is -3.79. The van der Waals surface area contributed by atoms with Gasteiger partial charge in [0, 0.05) is 32.5 Å². The summed E-state index contributed by atoms with van der Waals surface area (Å²) in [5.41, 5.74) is 1.36. The summed E-state index contributed by atoms with van der Waals surface area (Å²) in [6, 6.07) is 8.58. The van der Waals surface area contributed by atoms with E-state index in [4.69, 9.17) is 18.9 Å². The molecule has 204 valence electrons. The minimum Gasteiger partial charge on any atom is -0.497 e. The van der Waals surface area contributed by atoms with Crippen molar-refractivity contribution in [3.8, 4) is 23.0 Å². The molecule has 4 amide bonds. The van der Waals surface area contributed by atoms with Crippen LogP contribution in [0.5, 0.6) is 23.0 Å². The Morgan fingerprint density at radius 1 is 0.868 bits per heavy atom. The number of imide groups is 2. The third-order valence-electron chi connectivity index (χ3n) is 7.95. The monoisotopic (exact) mass is 526 g/mol. The maximum atomic E-state index is 13.9. The van der Waals surface area contributed by atoms with Crippen LogP contribution in [0.4, 0.5) is 4.79 Å². The van der Waals surface area contributed by atoms with Crippen molar-refractivity contribution < 1.29 is 38.2 Å². The lowest BCUT2D eigenvalue weighted by molar-refractivity contribution is -0.935. The number of benzene rings is 2. The number of amides is 4. The summed E-state index contributed by atoms with van der Waals surface area (Å²) in [6.07, 6.45) is 0.795. The van der Waals surface area contributed by atoms with Gasteiger partial charge in [-0.3, -0.25) is 19.4 Å². The van der Waals surface area contributed by atoms with Gasteiger partial charge in [-0.25, -0.2) is 4.79 Å². The smallest absolute Gasteiger partial charge is 0.332 e. The van der Waals surface area contributed by atoms with Crippen molar-refractivity contribution >= 4 is 17.8 Å². The molecule has 1 saturated heterocycles. The van der Waals surface area contributed by atoms with Crippen molar-refractivity contribution in [3.63, 3.8) is 0 Å². The molecule has 0 aromatic heterocycles. The maximum absolute atomic E-state index is 13.9. The van der Waals surface area contributed by atoms with Crippen LogP contribution in [0, 0.1) is 5.41 Å². The van der Waals surface area contributed by atoms with Crippen LogP contribution in [0.2, 0.25) is 0 Å². The number of carbonyl (C=O) groups excluding carboxylic acids is 3. The molecule has 1 fully saturated rings. The minimum absolute atomic E-state index is 0.0449. The van der Waals surface area contributed by atoms with Crippen molar-refractivity contribution in [2.24, 2.45) is 5.41 Å². The molecule has 2 heterocycles. The van der Waals surface area contributed by atoms with Crippen LogP contribution < -0.4 is 23.8 Å². The van der Waals surface area contributed by atoms with E-state index in [2.05, 4.69) is 6.92 Å². The number of carbonyl (C=O) groups is 3. The number of hydrogen-bond donors (Lipinski definition) is 1. The number of hydrogen-bond acceptors (Lipinski definition) is 7. The van der Waals surface area contributed by atoms with Crippen LogP contribution in [0.3, 0.4) is 0 Å². The van der Waals surface area contributed by atoms with Crippen LogP contribution in [0.1, 0.15) is 29.7 Å². The summed E-state index contributed by atoms with van der Waals surface area (Å²) in [4.78, 5) is 43.7. The summed E-state index contributed by atoms with van der Waals surface area (Å²) >= 11 is 0. The predicted octanol–water partition coefficient (Wildman–Crippen LogP) is 1.50. The van der Waals surface area contributed by atoms with Crippen LogP contribution in [0.25, 0.3) is 0 Å². The number of fused-ring (bicyclic) bond motifs is 1. The average molecular weight is 527 g/mol. The molecule has 2 atom stereocenters.